The molecular weight excluding hydrogens is 380 g/mol. The summed E-state index contributed by atoms with van der Waals surface area (Å²) >= 11 is 0. The van der Waals surface area contributed by atoms with Gasteiger partial charge >= 0.3 is 0 Å². The lowest BCUT2D eigenvalue weighted by Gasteiger charge is -2.46. The molecule has 0 saturated carbocycles. The average Bonchev–Trinajstić information content (AvgIpc) is 2.74. The largest absolute Gasteiger partial charge is 0.396 e. The van der Waals surface area contributed by atoms with E-state index in [9.17, 15) is 0 Å². The van der Waals surface area contributed by atoms with Crippen molar-refractivity contribution in [2.45, 2.75) is 24.8 Å². The zero-order chi connectivity index (χ0) is 21.1. The maximum Gasteiger partial charge on any atom is 0.147 e. The topological polar surface area (TPSA) is 110 Å². The van der Waals surface area contributed by atoms with Crippen molar-refractivity contribution in [1.29, 1.82) is 0 Å². The predicted molar refractivity (Wildman–Crippen MR) is 117 cm³/mol. The highest BCUT2D eigenvalue weighted by atomic mass is 16.5. The van der Waals surface area contributed by atoms with E-state index in [4.69, 9.17) is 21.3 Å². The summed E-state index contributed by atoms with van der Waals surface area (Å²) in [7, 11) is 3.81. The molecule has 0 bridgehead atoms. The molecule has 0 aromatic carbocycles. The second-order valence-electron chi connectivity index (χ2n) is 8.12. The summed E-state index contributed by atoms with van der Waals surface area (Å²) in [6.07, 6.45) is 10.7. The van der Waals surface area contributed by atoms with E-state index in [-0.39, 0.29) is 0 Å². The molecule has 2 saturated heterocycles. The maximum atomic E-state index is 6.45. The third-order valence-corrected chi connectivity index (χ3v) is 5.78. The van der Waals surface area contributed by atoms with Crippen molar-refractivity contribution < 1.29 is 4.74 Å². The van der Waals surface area contributed by atoms with Gasteiger partial charge in [-0.2, -0.15) is 0 Å². The van der Waals surface area contributed by atoms with Crippen molar-refractivity contribution in [3.8, 4) is 0 Å². The van der Waals surface area contributed by atoms with Gasteiger partial charge in [0.05, 0.1) is 48.9 Å². The monoisotopic (exact) mass is 410 g/mol. The van der Waals surface area contributed by atoms with Gasteiger partial charge in [-0.05, 0) is 31.4 Å². The second kappa shape index (κ2) is 8.45. The van der Waals surface area contributed by atoms with E-state index in [0.29, 0.717) is 24.6 Å². The molecule has 2 aromatic heterocycles. The smallest absolute Gasteiger partial charge is 0.147 e. The Kier molecular flexibility index (Phi) is 5.74. The van der Waals surface area contributed by atoms with Crippen molar-refractivity contribution in [3.05, 3.63) is 48.3 Å². The van der Waals surface area contributed by atoms with Gasteiger partial charge in [0.15, 0.2) is 0 Å². The van der Waals surface area contributed by atoms with Crippen molar-refractivity contribution >= 4 is 17.2 Å². The van der Waals surface area contributed by atoms with Crippen molar-refractivity contribution in [3.63, 3.8) is 0 Å². The Morgan fingerprint density at radius 1 is 1.13 bits per heavy atom. The number of hydrazine groups is 1. The number of nitrogens with zero attached hydrogens (tertiary/aromatic N) is 6. The number of hydrogen-bond donors (Lipinski definition) is 2. The van der Waals surface area contributed by atoms with Crippen molar-refractivity contribution in [2.24, 2.45) is 11.6 Å². The van der Waals surface area contributed by atoms with Gasteiger partial charge in [0, 0.05) is 33.4 Å². The van der Waals surface area contributed by atoms with Crippen LogP contribution in [0.25, 0.3) is 5.70 Å². The third kappa shape index (κ3) is 3.90. The van der Waals surface area contributed by atoms with Gasteiger partial charge in [-0.15, -0.1) is 0 Å². The summed E-state index contributed by atoms with van der Waals surface area (Å²) in [6, 6.07) is 4.17. The number of anilines is 2. The van der Waals surface area contributed by atoms with Crippen LogP contribution in [0, 0.1) is 0 Å². The number of pyridine rings is 1. The third-order valence-electron chi connectivity index (χ3n) is 5.78. The fourth-order valence-electron chi connectivity index (χ4n) is 3.77. The number of piperidine rings is 1. The molecule has 4 rings (SSSR count). The van der Waals surface area contributed by atoms with E-state index >= 15 is 0 Å². The maximum absolute atomic E-state index is 6.45. The molecule has 4 N–H and O–H groups in total. The molecule has 2 aliphatic heterocycles. The van der Waals surface area contributed by atoms with Gasteiger partial charge in [0.2, 0.25) is 0 Å². The molecule has 9 heteroatoms. The average molecular weight is 411 g/mol. The molecule has 9 nitrogen and oxygen atoms in total. The second-order valence-corrected chi connectivity index (χ2v) is 8.12. The van der Waals surface area contributed by atoms with Crippen LogP contribution in [0.1, 0.15) is 30.7 Å². The minimum absolute atomic E-state index is 0.435. The molecule has 0 radical (unpaired) electrons. The molecule has 160 valence electrons. The van der Waals surface area contributed by atoms with Crippen LogP contribution in [0.2, 0.25) is 0 Å². The Bertz CT molecular complexity index is 888. The molecule has 2 aromatic rings. The molecule has 30 heavy (non-hydrogen) atoms. The standard InChI is InChI=1S/C21H30N8O/c1-27(2)20-12-24-11-18(26-20)17(22)13-29(23)21(14-30-15-21)19-7-6-16(10-25-19)28-8-4-3-5-9-28/h6-7,10-13H,3-5,8-9,14-15,22-23H2,1-2H3/b17-13-. The van der Waals surface area contributed by atoms with Gasteiger partial charge in [-0.3, -0.25) is 15.0 Å². The molecule has 0 amide bonds. The minimum atomic E-state index is -0.544. The number of aromatic nitrogens is 3. The number of nitrogens with two attached hydrogens (primary N) is 2. The van der Waals surface area contributed by atoms with Crippen LogP contribution in [-0.2, 0) is 10.3 Å². The normalized spacial score (nSPS) is 18.6. The van der Waals surface area contributed by atoms with Gasteiger partial charge in [0.25, 0.3) is 0 Å². The van der Waals surface area contributed by atoms with E-state index < -0.39 is 5.54 Å². The summed E-state index contributed by atoms with van der Waals surface area (Å²) < 4.78 is 5.52. The SMILES string of the molecule is CN(C)c1cncc(/C(N)=C/N(N)C2(c3ccc(N4CCCCC4)cn3)COC2)n1. The highest BCUT2D eigenvalue weighted by Crippen LogP contribution is 2.34. The molecule has 0 atom stereocenters. The van der Waals surface area contributed by atoms with Gasteiger partial charge in [-0.1, -0.05) is 0 Å². The van der Waals surface area contributed by atoms with Gasteiger partial charge in [-0.25, -0.2) is 10.8 Å². The van der Waals surface area contributed by atoms with Crippen molar-refractivity contribution in [1.82, 2.24) is 20.0 Å². The molecule has 0 aliphatic carbocycles. The van der Waals surface area contributed by atoms with E-state index in [2.05, 4.69) is 20.9 Å². The Balaban J connectivity index is 1.55. The van der Waals surface area contributed by atoms with Gasteiger partial charge < -0.3 is 20.3 Å². The first-order chi connectivity index (χ1) is 14.5. The van der Waals surface area contributed by atoms with Crippen molar-refractivity contribution in [2.75, 3.05) is 50.2 Å². The van der Waals surface area contributed by atoms with Crippen LogP contribution in [0.4, 0.5) is 11.5 Å². The lowest BCUT2D eigenvalue weighted by molar-refractivity contribution is -0.133. The molecule has 0 spiro atoms. The minimum Gasteiger partial charge on any atom is -0.396 e. The van der Waals surface area contributed by atoms with Crippen LogP contribution in [0.15, 0.2) is 36.9 Å². The molecule has 2 fully saturated rings. The summed E-state index contributed by atoms with van der Waals surface area (Å²) in [5, 5.41) is 1.60. The summed E-state index contributed by atoms with van der Waals surface area (Å²) in [5.41, 5.74) is 8.78. The van der Waals surface area contributed by atoms with Crippen LogP contribution < -0.4 is 21.4 Å². The highest BCUT2D eigenvalue weighted by Gasteiger charge is 2.45. The zero-order valence-corrected chi connectivity index (χ0v) is 17.7. The lowest BCUT2D eigenvalue weighted by Crippen LogP contribution is -2.60. The molecular formula is C21H30N8O. The molecule has 4 heterocycles. The first kappa shape index (κ1) is 20.4. The Hall–Kier alpha value is -2.91. The van der Waals surface area contributed by atoms with E-state index in [1.54, 1.807) is 23.6 Å². The number of hydrogen-bond acceptors (Lipinski definition) is 9. The summed E-state index contributed by atoms with van der Waals surface area (Å²) in [4.78, 5) is 17.7. The lowest BCUT2D eigenvalue weighted by atomic mass is 9.91. The Morgan fingerprint density at radius 3 is 2.50 bits per heavy atom. The first-order valence-electron chi connectivity index (χ1n) is 10.3. The molecule has 2 aliphatic rings. The fraction of sp³-hybridized carbons (Fsp3) is 0.476. The molecule has 0 unspecified atom stereocenters. The van der Waals surface area contributed by atoms with E-state index in [1.165, 1.54) is 19.3 Å². The summed E-state index contributed by atoms with van der Waals surface area (Å²) in [5.74, 6) is 7.18. The van der Waals surface area contributed by atoms with Crippen LogP contribution in [0.5, 0.6) is 0 Å². The quantitative estimate of drug-likeness (QED) is 0.537. The summed E-state index contributed by atoms with van der Waals surface area (Å²) in [6.45, 7) is 3.08. The Morgan fingerprint density at radius 2 is 1.90 bits per heavy atom. The fourth-order valence-corrected chi connectivity index (χ4v) is 3.77. The van der Waals surface area contributed by atoms with Crippen LogP contribution >= 0.6 is 0 Å². The zero-order valence-electron chi connectivity index (χ0n) is 17.7. The predicted octanol–water partition coefficient (Wildman–Crippen LogP) is 1.29. The van der Waals surface area contributed by atoms with Gasteiger partial charge in [0.1, 0.15) is 17.1 Å². The number of ether oxygens (including phenoxy) is 1. The highest BCUT2D eigenvalue weighted by molar-refractivity contribution is 5.59. The van der Waals surface area contributed by atoms with E-state index in [0.717, 1.165) is 30.3 Å². The number of rotatable bonds is 6. The van der Waals surface area contributed by atoms with Crippen LogP contribution in [-0.4, -0.2) is 60.4 Å². The van der Waals surface area contributed by atoms with E-state index in [1.807, 2.05) is 31.3 Å². The van der Waals surface area contributed by atoms with Crippen LogP contribution in [0.3, 0.4) is 0 Å². The first-order valence-corrected chi connectivity index (χ1v) is 10.3. The Labute approximate surface area is 177 Å².